The number of hydrogen-bond donors (Lipinski definition) is 1. The zero-order chi connectivity index (χ0) is 21.2. The number of methoxy groups -OCH3 is 1. The molecule has 4 nitrogen and oxygen atoms in total. The third-order valence-electron chi connectivity index (χ3n) is 7.26. The summed E-state index contributed by atoms with van der Waals surface area (Å²) in [5.74, 6) is 1.02. The summed E-state index contributed by atoms with van der Waals surface area (Å²) in [5, 5.41) is 4.93. The molecule has 1 spiro atoms. The molecule has 0 amide bonds. The number of thiophene rings is 1. The van der Waals surface area contributed by atoms with E-state index >= 15 is 0 Å². The maximum Gasteiger partial charge on any atom is 0.141 e. The molecule has 1 N–H and O–H groups in total. The number of nitrogens with zero attached hydrogens (tertiary/aromatic N) is 1. The SMILES string of the molecule is COc1c(CNCCC2(c3ccccn3)CCOC3(CCCC3)C2)sc2ccccc12.Cl. The van der Waals surface area contributed by atoms with Crippen molar-refractivity contribution in [3.05, 3.63) is 59.2 Å². The maximum atomic E-state index is 6.38. The summed E-state index contributed by atoms with van der Waals surface area (Å²) in [6.07, 6.45) is 10.2. The highest BCUT2D eigenvalue weighted by atomic mass is 35.5. The Kier molecular flexibility index (Phi) is 7.40. The van der Waals surface area contributed by atoms with Crippen molar-refractivity contribution in [3.63, 3.8) is 0 Å². The Bertz CT molecular complexity index is 1020. The molecule has 1 aromatic carbocycles. The molecule has 1 saturated carbocycles. The molecule has 1 aliphatic heterocycles. The number of rotatable bonds is 7. The molecular formula is C26H33ClN2O2S. The number of benzene rings is 1. The summed E-state index contributed by atoms with van der Waals surface area (Å²) in [5.41, 5.74) is 1.41. The maximum absolute atomic E-state index is 6.38. The van der Waals surface area contributed by atoms with Crippen LogP contribution in [0.3, 0.4) is 0 Å². The van der Waals surface area contributed by atoms with E-state index in [1.807, 2.05) is 23.6 Å². The summed E-state index contributed by atoms with van der Waals surface area (Å²) < 4.78 is 13.4. The lowest BCUT2D eigenvalue weighted by molar-refractivity contribution is -0.104. The number of fused-ring (bicyclic) bond motifs is 1. The first-order valence-corrected chi connectivity index (χ1v) is 12.4. The second-order valence-corrected chi connectivity index (χ2v) is 10.3. The van der Waals surface area contributed by atoms with Crippen molar-refractivity contribution >= 4 is 33.8 Å². The van der Waals surface area contributed by atoms with Crippen molar-refractivity contribution in [1.82, 2.24) is 10.3 Å². The van der Waals surface area contributed by atoms with E-state index in [2.05, 4.69) is 41.7 Å². The van der Waals surface area contributed by atoms with Crippen molar-refractivity contribution in [3.8, 4) is 5.75 Å². The smallest absolute Gasteiger partial charge is 0.141 e. The molecule has 5 rings (SSSR count). The van der Waals surface area contributed by atoms with Crippen molar-refractivity contribution in [2.75, 3.05) is 20.3 Å². The molecule has 1 saturated heterocycles. The molecule has 0 radical (unpaired) electrons. The van der Waals surface area contributed by atoms with Crippen LogP contribution in [0.4, 0.5) is 0 Å². The fourth-order valence-electron chi connectivity index (χ4n) is 5.74. The molecule has 172 valence electrons. The second-order valence-electron chi connectivity index (χ2n) is 9.14. The van der Waals surface area contributed by atoms with Crippen LogP contribution in [0.2, 0.25) is 0 Å². The predicted molar refractivity (Wildman–Crippen MR) is 134 cm³/mol. The van der Waals surface area contributed by atoms with Crippen molar-refractivity contribution in [2.45, 2.75) is 62.5 Å². The first-order chi connectivity index (χ1) is 15.2. The van der Waals surface area contributed by atoms with Gasteiger partial charge in [-0.1, -0.05) is 31.0 Å². The van der Waals surface area contributed by atoms with E-state index in [0.717, 1.165) is 44.7 Å². The number of ether oxygens (including phenoxy) is 2. The third kappa shape index (κ3) is 4.54. The fraction of sp³-hybridized carbons (Fsp3) is 0.500. The summed E-state index contributed by atoms with van der Waals surface area (Å²) in [7, 11) is 1.77. The lowest BCUT2D eigenvalue weighted by Crippen LogP contribution is -2.47. The van der Waals surface area contributed by atoms with Gasteiger partial charge in [-0.05, 0) is 62.9 Å². The minimum absolute atomic E-state index is 0. The normalized spacial score (nSPS) is 22.2. The van der Waals surface area contributed by atoms with Crippen LogP contribution in [0.15, 0.2) is 48.7 Å². The van der Waals surface area contributed by atoms with E-state index in [0.29, 0.717) is 0 Å². The van der Waals surface area contributed by atoms with E-state index in [9.17, 15) is 0 Å². The summed E-state index contributed by atoms with van der Waals surface area (Å²) >= 11 is 1.83. The van der Waals surface area contributed by atoms with Gasteiger partial charge in [0.05, 0.1) is 17.6 Å². The van der Waals surface area contributed by atoms with Gasteiger partial charge in [0.25, 0.3) is 0 Å². The monoisotopic (exact) mass is 472 g/mol. The minimum atomic E-state index is 0. The van der Waals surface area contributed by atoms with Crippen LogP contribution in [0.1, 0.15) is 55.5 Å². The minimum Gasteiger partial charge on any atom is -0.495 e. The van der Waals surface area contributed by atoms with Crippen molar-refractivity contribution in [2.24, 2.45) is 0 Å². The lowest BCUT2D eigenvalue weighted by atomic mass is 9.68. The van der Waals surface area contributed by atoms with E-state index < -0.39 is 0 Å². The van der Waals surface area contributed by atoms with Gasteiger partial charge in [0.15, 0.2) is 0 Å². The Balaban J connectivity index is 0.00000245. The highest BCUT2D eigenvalue weighted by molar-refractivity contribution is 7.19. The fourth-order valence-corrected chi connectivity index (χ4v) is 6.88. The third-order valence-corrected chi connectivity index (χ3v) is 8.41. The molecule has 32 heavy (non-hydrogen) atoms. The average Bonchev–Trinajstić information content (AvgIpc) is 3.41. The first-order valence-electron chi connectivity index (χ1n) is 11.5. The van der Waals surface area contributed by atoms with Crippen molar-refractivity contribution in [1.29, 1.82) is 0 Å². The summed E-state index contributed by atoms with van der Waals surface area (Å²) in [6.45, 7) is 2.65. The molecule has 2 fully saturated rings. The highest BCUT2D eigenvalue weighted by Crippen LogP contribution is 2.49. The molecule has 6 heteroatoms. The van der Waals surface area contributed by atoms with Gasteiger partial charge in [-0.2, -0.15) is 0 Å². The van der Waals surface area contributed by atoms with Crippen LogP contribution < -0.4 is 10.1 Å². The molecule has 1 aliphatic carbocycles. The predicted octanol–water partition coefficient (Wildman–Crippen LogP) is 6.27. The zero-order valence-electron chi connectivity index (χ0n) is 18.8. The second kappa shape index (κ2) is 10.1. The number of nitrogens with one attached hydrogen (secondary N) is 1. The van der Waals surface area contributed by atoms with Gasteiger partial charge < -0.3 is 14.8 Å². The molecule has 1 unspecified atom stereocenters. The van der Waals surface area contributed by atoms with Gasteiger partial charge in [-0.25, -0.2) is 0 Å². The molecule has 0 bridgehead atoms. The quantitative estimate of drug-likeness (QED) is 0.411. The van der Waals surface area contributed by atoms with E-state index in [-0.39, 0.29) is 23.4 Å². The average molecular weight is 473 g/mol. The molecule has 3 aromatic rings. The van der Waals surface area contributed by atoms with Crippen LogP contribution in [0.5, 0.6) is 5.75 Å². The Morgan fingerprint density at radius 2 is 1.91 bits per heavy atom. The largest absolute Gasteiger partial charge is 0.495 e. The highest BCUT2D eigenvalue weighted by Gasteiger charge is 2.48. The number of hydrogen-bond acceptors (Lipinski definition) is 5. The van der Waals surface area contributed by atoms with Crippen LogP contribution in [0.25, 0.3) is 10.1 Å². The molecule has 1 atom stereocenters. The number of pyridine rings is 1. The summed E-state index contributed by atoms with van der Waals surface area (Å²) in [6, 6.07) is 14.9. The van der Waals surface area contributed by atoms with Gasteiger partial charge in [-0.3, -0.25) is 4.98 Å². The number of halogens is 1. The van der Waals surface area contributed by atoms with Crippen LogP contribution in [0, 0.1) is 0 Å². The number of aromatic nitrogens is 1. The standard InChI is InChI=1S/C26H32N2O2S.ClH/c1-29-24-20-8-2-3-9-21(20)31-22(24)18-27-16-13-25(23-10-4-7-15-28-23)14-17-30-26(19-25)11-5-6-12-26;/h2-4,7-10,15,27H,5-6,11-14,16-19H2,1H3;1H. The molecule has 3 heterocycles. The lowest BCUT2D eigenvalue weighted by Gasteiger charge is -2.46. The Morgan fingerprint density at radius 1 is 1.09 bits per heavy atom. The Morgan fingerprint density at radius 3 is 2.69 bits per heavy atom. The van der Waals surface area contributed by atoms with Gasteiger partial charge in [0.2, 0.25) is 0 Å². The van der Waals surface area contributed by atoms with E-state index in [1.165, 1.54) is 46.3 Å². The topological polar surface area (TPSA) is 43.4 Å². The van der Waals surface area contributed by atoms with Gasteiger partial charge in [-0.15, -0.1) is 23.7 Å². The van der Waals surface area contributed by atoms with E-state index in [1.54, 1.807) is 7.11 Å². The van der Waals surface area contributed by atoms with E-state index in [4.69, 9.17) is 14.5 Å². The van der Waals surface area contributed by atoms with Crippen LogP contribution in [-0.4, -0.2) is 30.8 Å². The van der Waals surface area contributed by atoms with Gasteiger partial charge >= 0.3 is 0 Å². The van der Waals surface area contributed by atoms with Crippen molar-refractivity contribution < 1.29 is 9.47 Å². The van der Waals surface area contributed by atoms with Gasteiger partial charge in [0.1, 0.15) is 5.75 Å². The molecule has 2 aliphatic rings. The first kappa shape index (κ1) is 23.5. The van der Waals surface area contributed by atoms with Crippen LogP contribution >= 0.6 is 23.7 Å². The zero-order valence-corrected chi connectivity index (χ0v) is 20.4. The Labute approximate surface area is 201 Å². The molecular weight excluding hydrogens is 440 g/mol. The Hall–Kier alpha value is -1.66. The summed E-state index contributed by atoms with van der Waals surface area (Å²) in [4.78, 5) is 6.09. The molecule has 2 aromatic heterocycles. The van der Waals surface area contributed by atoms with Crippen LogP contribution in [-0.2, 0) is 16.7 Å². The van der Waals surface area contributed by atoms with Gasteiger partial charge in [0, 0.05) is 40.5 Å².